The molecule has 0 bridgehead atoms. The molecule has 8 nitrogen and oxygen atoms in total. The van der Waals surface area contributed by atoms with Crippen LogP contribution in [0.1, 0.15) is 53.4 Å². The van der Waals surface area contributed by atoms with Gasteiger partial charge in [0.1, 0.15) is 11.8 Å². The number of nitrogens with zero attached hydrogens (tertiary/aromatic N) is 2. The second-order valence-corrected chi connectivity index (χ2v) is 9.66. The highest BCUT2D eigenvalue weighted by Crippen LogP contribution is 2.36. The average Bonchev–Trinajstić information content (AvgIpc) is 3.52. The molecule has 0 saturated heterocycles. The van der Waals surface area contributed by atoms with E-state index in [1.165, 1.54) is 12.8 Å². The number of fused-ring (bicyclic) bond motifs is 1. The number of hydrogen-bond acceptors (Lipinski definition) is 8. The van der Waals surface area contributed by atoms with Crippen molar-refractivity contribution in [2.24, 2.45) is 5.92 Å². The van der Waals surface area contributed by atoms with Gasteiger partial charge in [0, 0.05) is 12.1 Å². The third-order valence-corrected chi connectivity index (χ3v) is 6.17. The van der Waals surface area contributed by atoms with Crippen LogP contribution in [0.15, 0.2) is 29.6 Å². The van der Waals surface area contributed by atoms with Gasteiger partial charge in [-0.3, -0.25) is 4.79 Å². The zero-order valence-corrected chi connectivity index (χ0v) is 22.1. The fourth-order valence-corrected chi connectivity index (χ4v) is 4.26. The van der Waals surface area contributed by atoms with Crippen molar-refractivity contribution < 1.29 is 29.2 Å². The SMILES string of the molecule is CC(C)C(=O)OC1CCCC1.COc1cc2nc(OC(C)C)c(-c3cccs3)nc2cc1OC.O. The van der Waals surface area contributed by atoms with Crippen molar-refractivity contribution >= 4 is 28.3 Å². The Morgan fingerprint density at radius 2 is 1.60 bits per heavy atom. The summed E-state index contributed by atoms with van der Waals surface area (Å²) in [5.74, 6) is 1.76. The normalized spacial score (nSPS) is 13.3. The van der Waals surface area contributed by atoms with E-state index in [1.807, 2.05) is 57.3 Å². The lowest BCUT2D eigenvalue weighted by molar-refractivity contribution is -0.152. The lowest BCUT2D eigenvalue weighted by Crippen LogP contribution is -2.18. The molecule has 0 aliphatic heterocycles. The number of rotatable bonds is 7. The molecule has 1 aliphatic carbocycles. The Morgan fingerprint density at radius 1 is 1.00 bits per heavy atom. The van der Waals surface area contributed by atoms with E-state index < -0.39 is 0 Å². The number of carbonyl (C=O) groups is 1. The molecule has 9 heteroatoms. The second-order valence-electron chi connectivity index (χ2n) is 8.72. The first kappa shape index (κ1) is 28.3. The van der Waals surface area contributed by atoms with E-state index in [2.05, 4.69) is 4.98 Å². The molecule has 0 unspecified atom stereocenters. The molecule has 4 rings (SSSR count). The summed E-state index contributed by atoms with van der Waals surface area (Å²) in [6, 6.07) is 7.64. The Morgan fingerprint density at radius 3 is 2.09 bits per heavy atom. The lowest BCUT2D eigenvalue weighted by Gasteiger charge is -2.14. The highest BCUT2D eigenvalue weighted by atomic mass is 32.1. The number of aromatic nitrogens is 2. The second kappa shape index (κ2) is 13.3. The molecule has 2 aromatic heterocycles. The highest BCUT2D eigenvalue weighted by molar-refractivity contribution is 7.13. The van der Waals surface area contributed by atoms with Crippen molar-refractivity contribution in [3.63, 3.8) is 0 Å². The van der Waals surface area contributed by atoms with Crippen LogP contribution in [0.3, 0.4) is 0 Å². The predicted molar refractivity (Wildman–Crippen MR) is 139 cm³/mol. The summed E-state index contributed by atoms with van der Waals surface area (Å²) in [7, 11) is 3.20. The maximum absolute atomic E-state index is 11.1. The first-order valence-corrected chi connectivity index (χ1v) is 12.5. The van der Waals surface area contributed by atoms with Crippen LogP contribution < -0.4 is 14.2 Å². The van der Waals surface area contributed by atoms with E-state index in [0.29, 0.717) is 22.9 Å². The summed E-state index contributed by atoms with van der Waals surface area (Å²) in [6.07, 6.45) is 4.81. The third kappa shape index (κ3) is 7.53. The number of thiophene rings is 1. The van der Waals surface area contributed by atoms with Crippen LogP contribution in [0.4, 0.5) is 0 Å². The van der Waals surface area contributed by atoms with Crippen LogP contribution in [-0.2, 0) is 9.53 Å². The van der Waals surface area contributed by atoms with Gasteiger partial charge in [0.05, 0.1) is 42.2 Å². The van der Waals surface area contributed by atoms with Gasteiger partial charge in [-0.2, -0.15) is 0 Å². The van der Waals surface area contributed by atoms with Gasteiger partial charge in [-0.05, 0) is 51.0 Å². The molecular formula is C26H36N2O6S. The largest absolute Gasteiger partial charge is 0.493 e. The van der Waals surface area contributed by atoms with Gasteiger partial charge in [0.2, 0.25) is 5.88 Å². The Hall–Kier alpha value is -2.91. The molecule has 192 valence electrons. The minimum Gasteiger partial charge on any atom is -0.493 e. The van der Waals surface area contributed by atoms with Gasteiger partial charge in [0.15, 0.2) is 11.5 Å². The van der Waals surface area contributed by atoms with E-state index in [-0.39, 0.29) is 29.6 Å². The first-order chi connectivity index (χ1) is 16.3. The minimum atomic E-state index is -0.0445. The van der Waals surface area contributed by atoms with Crippen molar-refractivity contribution in [2.45, 2.75) is 65.6 Å². The van der Waals surface area contributed by atoms with Crippen molar-refractivity contribution in [3.05, 3.63) is 29.6 Å². The molecule has 2 heterocycles. The number of benzene rings is 1. The summed E-state index contributed by atoms with van der Waals surface area (Å²) in [6.45, 7) is 7.69. The molecular weight excluding hydrogens is 468 g/mol. The van der Waals surface area contributed by atoms with Gasteiger partial charge in [0.25, 0.3) is 0 Å². The van der Waals surface area contributed by atoms with Gasteiger partial charge in [-0.15, -0.1) is 11.3 Å². The Labute approximate surface area is 210 Å². The number of hydrogen-bond donors (Lipinski definition) is 0. The minimum absolute atomic E-state index is 0. The summed E-state index contributed by atoms with van der Waals surface area (Å²) in [5.41, 5.74) is 2.19. The lowest BCUT2D eigenvalue weighted by atomic mass is 10.2. The molecule has 1 saturated carbocycles. The number of ether oxygens (including phenoxy) is 4. The molecule has 0 radical (unpaired) electrons. The zero-order chi connectivity index (χ0) is 24.7. The van der Waals surface area contributed by atoms with Crippen LogP contribution in [0, 0.1) is 5.92 Å². The summed E-state index contributed by atoms with van der Waals surface area (Å²) >= 11 is 1.60. The monoisotopic (exact) mass is 504 g/mol. The van der Waals surface area contributed by atoms with Crippen molar-refractivity contribution in [3.8, 4) is 28.0 Å². The van der Waals surface area contributed by atoms with Gasteiger partial charge in [-0.1, -0.05) is 19.9 Å². The van der Waals surface area contributed by atoms with E-state index >= 15 is 0 Å². The fourth-order valence-electron chi connectivity index (χ4n) is 3.55. The van der Waals surface area contributed by atoms with Crippen LogP contribution in [0.25, 0.3) is 21.6 Å². The third-order valence-electron chi connectivity index (χ3n) is 5.30. The van der Waals surface area contributed by atoms with Crippen LogP contribution in [0.2, 0.25) is 0 Å². The molecule has 3 aromatic rings. The van der Waals surface area contributed by atoms with E-state index in [0.717, 1.165) is 28.9 Å². The Bertz CT molecular complexity index is 1080. The fraction of sp³-hybridized carbons (Fsp3) is 0.500. The number of methoxy groups -OCH3 is 2. The van der Waals surface area contributed by atoms with Gasteiger partial charge in [-0.25, -0.2) is 9.97 Å². The van der Waals surface area contributed by atoms with Crippen molar-refractivity contribution in [1.82, 2.24) is 9.97 Å². The number of esters is 1. The molecule has 2 N–H and O–H groups in total. The van der Waals surface area contributed by atoms with Crippen LogP contribution in [-0.4, -0.2) is 47.8 Å². The van der Waals surface area contributed by atoms with Gasteiger partial charge >= 0.3 is 5.97 Å². The van der Waals surface area contributed by atoms with Crippen molar-refractivity contribution in [2.75, 3.05) is 14.2 Å². The maximum atomic E-state index is 11.1. The molecule has 0 atom stereocenters. The Balaban J connectivity index is 0.000000305. The van der Waals surface area contributed by atoms with Crippen LogP contribution >= 0.6 is 11.3 Å². The Kier molecular flexibility index (Phi) is 10.7. The molecule has 1 aromatic carbocycles. The molecule has 35 heavy (non-hydrogen) atoms. The quantitative estimate of drug-likeness (QED) is 0.392. The molecule has 1 fully saturated rings. The topological polar surface area (TPSA) is 111 Å². The highest BCUT2D eigenvalue weighted by Gasteiger charge is 2.20. The summed E-state index contributed by atoms with van der Waals surface area (Å²) in [4.78, 5) is 21.5. The number of carbonyl (C=O) groups excluding carboxylic acids is 1. The summed E-state index contributed by atoms with van der Waals surface area (Å²) in [5, 5.41) is 2.01. The van der Waals surface area contributed by atoms with E-state index in [9.17, 15) is 4.79 Å². The van der Waals surface area contributed by atoms with E-state index in [4.69, 9.17) is 23.9 Å². The smallest absolute Gasteiger partial charge is 0.308 e. The summed E-state index contributed by atoms with van der Waals surface area (Å²) < 4.78 is 21.8. The average molecular weight is 505 g/mol. The predicted octanol–water partition coefficient (Wildman–Crippen LogP) is 5.47. The van der Waals surface area contributed by atoms with Crippen LogP contribution in [0.5, 0.6) is 17.4 Å². The zero-order valence-electron chi connectivity index (χ0n) is 21.3. The molecule has 0 amide bonds. The van der Waals surface area contributed by atoms with Crippen molar-refractivity contribution in [1.29, 1.82) is 0 Å². The standard InChI is InChI=1S/C17H18N2O3S.C9H16O2.H2O/c1-10(2)22-17-16(15-6-5-7-23-15)18-11-8-13(20-3)14(21-4)9-12(11)19-17;1-7(2)9(10)11-8-5-3-4-6-8;/h5-10H,1-4H3;7-8H,3-6H2,1-2H3;1H2. The molecule has 1 aliphatic rings. The molecule has 0 spiro atoms. The van der Waals surface area contributed by atoms with Gasteiger partial charge < -0.3 is 24.4 Å². The maximum Gasteiger partial charge on any atom is 0.308 e. The van der Waals surface area contributed by atoms with E-state index in [1.54, 1.807) is 25.6 Å². The first-order valence-electron chi connectivity index (χ1n) is 11.7.